The fourth-order valence-corrected chi connectivity index (χ4v) is 2.98. The summed E-state index contributed by atoms with van der Waals surface area (Å²) >= 11 is 0. The predicted molar refractivity (Wildman–Crippen MR) is 93.6 cm³/mol. The zero-order chi connectivity index (χ0) is 17.6. The van der Waals surface area contributed by atoms with E-state index in [-0.39, 0.29) is 30.8 Å². The Hall–Kier alpha value is -2.73. The van der Waals surface area contributed by atoms with E-state index in [4.69, 9.17) is 0 Å². The van der Waals surface area contributed by atoms with Crippen LogP contribution in [-0.4, -0.2) is 39.9 Å². The molecule has 1 aromatic carbocycles. The number of aliphatic hydroxyl groups excluding tert-OH is 1. The number of nitrogens with one attached hydrogen (secondary N) is 1. The highest BCUT2D eigenvalue weighted by atomic mass is 16.3. The fourth-order valence-electron chi connectivity index (χ4n) is 2.98. The van der Waals surface area contributed by atoms with Crippen LogP contribution < -0.4 is 5.32 Å². The van der Waals surface area contributed by atoms with Gasteiger partial charge in [-0.2, -0.15) is 0 Å². The maximum Gasteiger partial charge on any atom is 0.229 e. The Morgan fingerprint density at radius 1 is 1.28 bits per heavy atom. The van der Waals surface area contributed by atoms with Gasteiger partial charge in [-0.15, -0.1) is 0 Å². The van der Waals surface area contributed by atoms with Gasteiger partial charge in [-0.25, -0.2) is 0 Å². The van der Waals surface area contributed by atoms with Gasteiger partial charge in [-0.1, -0.05) is 30.3 Å². The number of amides is 2. The van der Waals surface area contributed by atoms with Crippen LogP contribution in [0.25, 0.3) is 0 Å². The molecule has 0 spiro atoms. The third-order valence-electron chi connectivity index (χ3n) is 4.44. The summed E-state index contributed by atoms with van der Waals surface area (Å²) in [5, 5.41) is 12.1. The molecule has 0 bridgehead atoms. The number of rotatable bonds is 6. The van der Waals surface area contributed by atoms with Gasteiger partial charge in [0.15, 0.2) is 0 Å². The quantitative estimate of drug-likeness (QED) is 0.837. The first-order valence-corrected chi connectivity index (χ1v) is 8.33. The second-order valence-corrected chi connectivity index (χ2v) is 6.16. The first-order chi connectivity index (χ1) is 12.2. The smallest absolute Gasteiger partial charge is 0.229 e. The Kier molecular flexibility index (Phi) is 5.40. The van der Waals surface area contributed by atoms with Gasteiger partial charge in [0.25, 0.3) is 0 Å². The lowest BCUT2D eigenvalue weighted by Crippen LogP contribution is -2.30. The number of carbonyl (C=O) groups excluding carboxylic acids is 2. The average Bonchev–Trinajstić information content (AvgIpc) is 3.02. The van der Waals surface area contributed by atoms with Gasteiger partial charge in [0.05, 0.1) is 24.4 Å². The molecule has 1 aromatic heterocycles. The summed E-state index contributed by atoms with van der Waals surface area (Å²) in [5.41, 5.74) is 2.27. The van der Waals surface area contributed by atoms with Gasteiger partial charge < -0.3 is 15.3 Å². The molecule has 2 amide bonds. The second kappa shape index (κ2) is 7.90. The Bertz CT molecular complexity index is 749. The third-order valence-corrected chi connectivity index (χ3v) is 4.44. The highest BCUT2D eigenvalue weighted by molar-refractivity contribution is 5.97. The molecule has 6 nitrogen and oxygen atoms in total. The minimum atomic E-state index is -0.380. The van der Waals surface area contributed by atoms with Crippen LogP contribution in [0.15, 0.2) is 48.8 Å². The fraction of sp³-hybridized carbons (Fsp3) is 0.316. The first-order valence-electron chi connectivity index (χ1n) is 8.33. The zero-order valence-corrected chi connectivity index (χ0v) is 13.9. The molecule has 1 aliphatic rings. The summed E-state index contributed by atoms with van der Waals surface area (Å²) in [5.74, 6) is -0.585. The molecule has 0 aliphatic carbocycles. The van der Waals surface area contributed by atoms with Crippen molar-refractivity contribution in [2.45, 2.75) is 19.4 Å². The number of aliphatic hydroxyl groups is 1. The van der Waals surface area contributed by atoms with E-state index in [0.29, 0.717) is 24.3 Å². The highest BCUT2D eigenvalue weighted by Crippen LogP contribution is 2.21. The van der Waals surface area contributed by atoms with Crippen LogP contribution in [0.3, 0.4) is 0 Å². The van der Waals surface area contributed by atoms with Crippen LogP contribution >= 0.6 is 0 Å². The number of hydrogen-bond acceptors (Lipinski definition) is 4. The number of anilines is 1. The number of aromatic nitrogens is 1. The molecule has 2 heterocycles. The molecule has 1 aliphatic heterocycles. The molecule has 1 saturated heterocycles. The summed E-state index contributed by atoms with van der Waals surface area (Å²) in [6.45, 7) is 0.860. The standard InChI is InChI=1S/C19H21N3O3/c23-13-15-6-8-20-11-17(15)21-19(25)16-10-18(24)22(12-16)9-7-14-4-2-1-3-5-14/h1-6,8,11,16,23H,7,9-10,12-13H2,(H,21,25)/t16-/m0/s1. The lowest BCUT2D eigenvalue weighted by Gasteiger charge is -2.17. The number of benzene rings is 1. The van der Waals surface area contributed by atoms with Crippen LogP contribution in [-0.2, 0) is 22.6 Å². The van der Waals surface area contributed by atoms with Crippen LogP contribution in [0.2, 0.25) is 0 Å². The summed E-state index contributed by atoms with van der Waals surface area (Å²) < 4.78 is 0. The normalized spacial score (nSPS) is 16.9. The monoisotopic (exact) mass is 339 g/mol. The van der Waals surface area contributed by atoms with E-state index in [9.17, 15) is 14.7 Å². The molecule has 2 N–H and O–H groups in total. The SMILES string of the molecule is O=C(Nc1cnccc1CO)[C@H]1CC(=O)N(CCc2ccccc2)C1. The summed E-state index contributed by atoms with van der Waals surface area (Å²) in [4.78, 5) is 30.3. The second-order valence-electron chi connectivity index (χ2n) is 6.16. The van der Waals surface area contributed by atoms with Crippen LogP contribution in [0.4, 0.5) is 5.69 Å². The topological polar surface area (TPSA) is 82.5 Å². The maximum atomic E-state index is 12.4. The molecule has 3 rings (SSSR count). The van der Waals surface area contributed by atoms with Crippen LogP contribution in [0.1, 0.15) is 17.5 Å². The molecular formula is C19H21N3O3. The van der Waals surface area contributed by atoms with Gasteiger partial charge in [0, 0.05) is 31.3 Å². The molecule has 25 heavy (non-hydrogen) atoms. The van der Waals surface area contributed by atoms with E-state index in [1.54, 1.807) is 17.2 Å². The number of hydrogen-bond donors (Lipinski definition) is 2. The largest absolute Gasteiger partial charge is 0.392 e. The molecule has 0 radical (unpaired) electrons. The van der Waals surface area contributed by atoms with Crippen molar-refractivity contribution < 1.29 is 14.7 Å². The minimum absolute atomic E-state index is 0.00431. The molecule has 6 heteroatoms. The maximum absolute atomic E-state index is 12.4. The van der Waals surface area contributed by atoms with E-state index in [2.05, 4.69) is 10.3 Å². The molecule has 1 atom stereocenters. The van der Waals surface area contributed by atoms with Gasteiger partial charge in [-0.05, 0) is 18.1 Å². The molecule has 2 aromatic rings. The highest BCUT2D eigenvalue weighted by Gasteiger charge is 2.34. The van der Waals surface area contributed by atoms with E-state index in [0.717, 1.165) is 6.42 Å². The lowest BCUT2D eigenvalue weighted by atomic mass is 10.1. The van der Waals surface area contributed by atoms with Crippen molar-refractivity contribution in [3.8, 4) is 0 Å². The van der Waals surface area contributed by atoms with Crippen molar-refractivity contribution in [2.75, 3.05) is 18.4 Å². The van der Waals surface area contributed by atoms with Crippen molar-refractivity contribution in [1.29, 1.82) is 0 Å². The number of carbonyl (C=O) groups is 2. The minimum Gasteiger partial charge on any atom is -0.392 e. The van der Waals surface area contributed by atoms with Crippen molar-refractivity contribution in [3.63, 3.8) is 0 Å². The zero-order valence-electron chi connectivity index (χ0n) is 13.9. The summed E-state index contributed by atoms with van der Waals surface area (Å²) in [7, 11) is 0. The summed E-state index contributed by atoms with van der Waals surface area (Å²) in [6, 6.07) is 11.6. The van der Waals surface area contributed by atoms with E-state index < -0.39 is 0 Å². The molecule has 0 unspecified atom stereocenters. The van der Waals surface area contributed by atoms with Gasteiger partial charge >= 0.3 is 0 Å². The van der Waals surface area contributed by atoms with Crippen molar-refractivity contribution in [1.82, 2.24) is 9.88 Å². The molecule has 1 fully saturated rings. The number of likely N-dealkylation sites (tertiary alicyclic amines) is 1. The third kappa shape index (κ3) is 4.22. The van der Waals surface area contributed by atoms with Crippen molar-refractivity contribution in [3.05, 3.63) is 59.9 Å². The van der Waals surface area contributed by atoms with Crippen molar-refractivity contribution >= 4 is 17.5 Å². The van der Waals surface area contributed by atoms with Gasteiger partial charge in [0.2, 0.25) is 11.8 Å². The Morgan fingerprint density at radius 3 is 2.84 bits per heavy atom. The molecule has 0 saturated carbocycles. The molecular weight excluding hydrogens is 318 g/mol. The van der Waals surface area contributed by atoms with E-state index in [1.807, 2.05) is 30.3 Å². The first kappa shape index (κ1) is 17.1. The van der Waals surface area contributed by atoms with Crippen LogP contribution in [0, 0.1) is 5.92 Å². The Balaban J connectivity index is 1.57. The van der Waals surface area contributed by atoms with Gasteiger partial charge in [-0.3, -0.25) is 14.6 Å². The Morgan fingerprint density at radius 2 is 2.08 bits per heavy atom. The van der Waals surface area contributed by atoms with E-state index >= 15 is 0 Å². The number of pyridine rings is 1. The predicted octanol–water partition coefficient (Wildman–Crippen LogP) is 1.60. The average molecular weight is 339 g/mol. The van der Waals surface area contributed by atoms with E-state index in [1.165, 1.54) is 11.8 Å². The van der Waals surface area contributed by atoms with Gasteiger partial charge in [0.1, 0.15) is 0 Å². The van der Waals surface area contributed by atoms with Crippen LogP contribution in [0.5, 0.6) is 0 Å². The molecule has 130 valence electrons. The van der Waals surface area contributed by atoms with Crippen molar-refractivity contribution in [2.24, 2.45) is 5.92 Å². The Labute approximate surface area is 146 Å². The summed E-state index contributed by atoms with van der Waals surface area (Å²) in [6.07, 6.45) is 4.06. The lowest BCUT2D eigenvalue weighted by molar-refractivity contribution is -0.128. The number of nitrogens with zero attached hydrogens (tertiary/aromatic N) is 2.